The molecule has 14 heteroatoms. The fraction of sp³-hybridized carbons (Fsp3) is 0.302. The Morgan fingerprint density at radius 2 is 1.02 bits per heavy atom. The third-order valence-corrected chi connectivity index (χ3v) is 12.1. The van der Waals surface area contributed by atoms with Crippen LogP contribution in [0.25, 0.3) is 0 Å². The van der Waals surface area contributed by atoms with Crippen molar-refractivity contribution < 1.29 is 38.6 Å². The number of carboxylic acids is 1. The van der Waals surface area contributed by atoms with E-state index in [9.17, 15) is 33.9 Å². The van der Waals surface area contributed by atoms with E-state index in [1.807, 2.05) is 24.3 Å². The van der Waals surface area contributed by atoms with E-state index in [-0.39, 0.29) is 35.6 Å². The molecule has 4 aliphatic heterocycles. The van der Waals surface area contributed by atoms with E-state index in [1.165, 1.54) is 13.2 Å². The zero-order valence-electron chi connectivity index (χ0n) is 31.1. The van der Waals surface area contributed by atoms with Crippen LogP contribution in [0.3, 0.4) is 0 Å². The minimum atomic E-state index is -1.02. The lowest BCUT2D eigenvalue weighted by Crippen LogP contribution is -2.48. The molecule has 0 saturated carbocycles. The number of rotatable bonds is 6. The molecule has 294 valence electrons. The van der Waals surface area contributed by atoms with Crippen molar-refractivity contribution in [3.8, 4) is 0 Å². The van der Waals surface area contributed by atoms with E-state index in [1.54, 1.807) is 64.4 Å². The summed E-state index contributed by atoms with van der Waals surface area (Å²) in [5, 5.41) is 16.3. The van der Waals surface area contributed by atoms with Crippen molar-refractivity contribution in [1.29, 1.82) is 0 Å². The van der Waals surface area contributed by atoms with E-state index in [0.29, 0.717) is 79.6 Å². The van der Waals surface area contributed by atoms with Crippen molar-refractivity contribution in [2.45, 2.75) is 49.4 Å². The number of nitrogens with one attached hydrogen (secondary N) is 2. The lowest BCUT2D eigenvalue weighted by atomic mass is 9.73. The Balaban J connectivity index is 0.000000174. The molecule has 0 aromatic heterocycles. The molecule has 4 amide bonds. The predicted molar refractivity (Wildman–Crippen MR) is 214 cm³/mol. The van der Waals surface area contributed by atoms with Gasteiger partial charge in [-0.2, -0.15) is 0 Å². The van der Waals surface area contributed by atoms with Gasteiger partial charge in [-0.3, -0.25) is 19.2 Å². The summed E-state index contributed by atoms with van der Waals surface area (Å²) in [5.74, 6) is -1.60. The van der Waals surface area contributed by atoms with E-state index >= 15 is 0 Å². The van der Waals surface area contributed by atoms with Crippen molar-refractivity contribution in [2.24, 2.45) is 0 Å². The molecule has 0 atom stereocenters. The third-order valence-electron chi connectivity index (χ3n) is 11.6. The van der Waals surface area contributed by atoms with Crippen LogP contribution in [0.2, 0.25) is 10.0 Å². The summed E-state index contributed by atoms with van der Waals surface area (Å²) in [5.41, 5.74) is 3.83. The molecule has 4 aromatic rings. The molecule has 57 heavy (non-hydrogen) atoms. The van der Waals surface area contributed by atoms with Crippen LogP contribution < -0.4 is 10.6 Å². The molecule has 2 fully saturated rings. The molecule has 2 saturated heterocycles. The van der Waals surface area contributed by atoms with E-state index in [0.717, 1.165) is 27.9 Å². The maximum Gasteiger partial charge on any atom is 0.337 e. The van der Waals surface area contributed by atoms with Crippen LogP contribution in [0, 0.1) is 0 Å². The monoisotopic (exact) mass is 810 g/mol. The average molecular weight is 812 g/mol. The molecule has 4 aromatic carbocycles. The van der Waals surface area contributed by atoms with Gasteiger partial charge in [0.1, 0.15) is 0 Å². The molecule has 12 nitrogen and oxygen atoms in total. The second-order valence-electron chi connectivity index (χ2n) is 14.8. The SMILES string of the molecule is COC(=O)c1ccc2c(c1)C1(CCN(C(=O)Cc3ccc(Cl)cc3)CC1)C(=O)N2.O=C(O)c1ccc2c(c1)C1(CCN(C(=O)Cc3ccc(Cl)cc3)CC1)C(=O)N2. The number of halogens is 2. The number of likely N-dealkylation sites (tertiary alicyclic amines) is 2. The number of ether oxygens (including phenoxy) is 1. The number of amides is 4. The van der Waals surface area contributed by atoms with Gasteiger partial charge < -0.3 is 30.3 Å². The summed E-state index contributed by atoms with van der Waals surface area (Å²) >= 11 is 11.8. The fourth-order valence-corrected chi connectivity index (χ4v) is 8.50. The number of carbonyl (C=O) groups is 6. The van der Waals surface area contributed by atoms with Gasteiger partial charge in [-0.25, -0.2) is 9.59 Å². The smallest absolute Gasteiger partial charge is 0.337 e. The van der Waals surface area contributed by atoms with Gasteiger partial charge >= 0.3 is 11.9 Å². The Morgan fingerprint density at radius 3 is 1.40 bits per heavy atom. The fourth-order valence-electron chi connectivity index (χ4n) is 8.25. The van der Waals surface area contributed by atoms with Crippen molar-refractivity contribution in [3.05, 3.63) is 128 Å². The summed E-state index contributed by atoms with van der Waals surface area (Å²) < 4.78 is 4.81. The molecule has 0 aliphatic carbocycles. The van der Waals surface area contributed by atoms with Crippen LogP contribution in [0.4, 0.5) is 11.4 Å². The quantitative estimate of drug-likeness (QED) is 0.192. The summed E-state index contributed by atoms with van der Waals surface area (Å²) in [6.45, 7) is 1.89. The topological polar surface area (TPSA) is 162 Å². The molecule has 4 heterocycles. The number of hydrogen-bond acceptors (Lipinski definition) is 7. The van der Waals surface area contributed by atoms with Gasteiger partial charge in [-0.1, -0.05) is 47.5 Å². The average Bonchev–Trinajstić information content (AvgIpc) is 3.64. The minimum Gasteiger partial charge on any atom is -0.478 e. The highest BCUT2D eigenvalue weighted by Crippen LogP contribution is 2.46. The van der Waals surface area contributed by atoms with Crippen molar-refractivity contribution in [1.82, 2.24) is 9.80 Å². The summed E-state index contributed by atoms with van der Waals surface area (Å²) in [6.07, 6.45) is 2.57. The highest BCUT2D eigenvalue weighted by molar-refractivity contribution is 6.30. The molecule has 2 spiro atoms. The first-order chi connectivity index (χ1) is 27.3. The van der Waals surface area contributed by atoms with Crippen molar-refractivity contribution in [2.75, 3.05) is 43.9 Å². The third kappa shape index (κ3) is 7.84. The van der Waals surface area contributed by atoms with Crippen LogP contribution in [-0.2, 0) is 47.6 Å². The highest BCUT2D eigenvalue weighted by atomic mass is 35.5. The molecular weight excluding hydrogens is 771 g/mol. The summed E-state index contributed by atoms with van der Waals surface area (Å²) in [4.78, 5) is 77.7. The normalized spacial score (nSPS) is 17.2. The Bertz CT molecular complexity index is 2260. The van der Waals surface area contributed by atoms with Crippen LogP contribution in [0.15, 0.2) is 84.9 Å². The van der Waals surface area contributed by atoms with Gasteiger partial charge in [-0.05, 0) is 109 Å². The molecular formula is C43H40Cl2N4O8. The Kier molecular flexibility index (Phi) is 11.1. The number of piperidine rings is 2. The molecule has 3 N–H and O–H groups in total. The molecule has 0 bridgehead atoms. The zero-order chi connectivity index (χ0) is 40.5. The first-order valence-electron chi connectivity index (χ1n) is 18.6. The van der Waals surface area contributed by atoms with Gasteiger partial charge in [0.2, 0.25) is 23.6 Å². The van der Waals surface area contributed by atoms with Gasteiger partial charge in [0.15, 0.2) is 0 Å². The minimum absolute atomic E-state index is 0.00934. The van der Waals surface area contributed by atoms with E-state index in [4.69, 9.17) is 27.9 Å². The number of hydrogen-bond donors (Lipinski definition) is 3. The number of carboxylic acid groups (broad SMARTS) is 1. The van der Waals surface area contributed by atoms with Gasteiger partial charge in [-0.15, -0.1) is 0 Å². The number of anilines is 2. The van der Waals surface area contributed by atoms with Crippen LogP contribution in [0.1, 0.15) is 68.7 Å². The van der Waals surface area contributed by atoms with E-state index < -0.39 is 22.8 Å². The number of methoxy groups -OCH3 is 1. The standard InChI is InChI=1S/C22H21ClN2O4.C21H19ClN2O4/c1-29-20(27)15-4-7-18-17(13-15)22(21(28)24-18)8-10-25(11-9-22)19(26)12-14-2-5-16(23)6-3-14;22-15-4-1-13(2-5-15)11-18(25)24-9-7-21(8-10-24)16-12-14(19(26)27)3-6-17(16)23-20(21)28/h2-7,13H,8-12H2,1H3,(H,24,28);1-6,12H,7-11H2,(H,23,28)(H,26,27). The lowest BCUT2D eigenvalue weighted by Gasteiger charge is -2.38. The molecule has 4 aliphatic rings. The predicted octanol–water partition coefficient (Wildman–Crippen LogP) is 6.27. The van der Waals surface area contributed by atoms with Gasteiger partial charge in [0.25, 0.3) is 0 Å². The molecule has 0 radical (unpaired) electrons. The Labute approximate surface area is 339 Å². The number of carbonyl (C=O) groups excluding carboxylic acids is 5. The first kappa shape index (κ1) is 39.5. The number of esters is 1. The second kappa shape index (κ2) is 16.0. The van der Waals surface area contributed by atoms with Crippen LogP contribution in [0.5, 0.6) is 0 Å². The zero-order valence-corrected chi connectivity index (χ0v) is 32.6. The maximum absolute atomic E-state index is 12.8. The van der Waals surface area contributed by atoms with Crippen LogP contribution >= 0.6 is 23.2 Å². The number of aromatic carboxylic acids is 1. The number of nitrogens with zero attached hydrogens (tertiary/aromatic N) is 2. The van der Waals surface area contributed by atoms with Crippen molar-refractivity contribution >= 4 is 70.1 Å². The van der Waals surface area contributed by atoms with E-state index in [2.05, 4.69) is 10.6 Å². The maximum atomic E-state index is 12.8. The second-order valence-corrected chi connectivity index (χ2v) is 15.6. The summed E-state index contributed by atoms with van der Waals surface area (Å²) in [7, 11) is 1.33. The Hall–Kier alpha value is -5.72. The summed E-state index contributed by atoms with van der Waals surface area (Å²) in [6, 6.07) is 24.3. The highest BCUT2D eigenvalue weighted by Gasteiger charge is 2.50. The molecule has 8 rings (SSSR count). The Morgan fingerprint density at radius 1 is 0.632 bits per heavy atom. The van der Waals surface area contributed by atoms with Crippen LogP contribution in [-0.4, -0.2) is 83.8 Å². The number of fused-ring (bicyclic) bond motifs is 4. The molecule has 0 unspecified atom stereocenters. The largest absolute Gasteiger partial charge is 0.478 e. The number of benzene rings is 4. The van der Waals surface area contributed by atoms with Gasteiger partial charge in [0.05, 0.1) is 41.9 Å². The lowest BCUT2D eigenvalue weighted by molar-refractivity contribution is -0.134. The first-order valence-corrected chi connectivity index (χ1v) is 19.4. The van der Waals surface area contributed by atoms with Crippen molar-refractivity contribution in [3.63, 3.8) is 0 Å². The van der Waals surface area contributed by atoms with Gasteiger partial charge in [0, 0.05) is 47.6 Å².